The van der Waals surface area contributed by atoms with Gasteiger partial charge in [0.05, 0.1) is 11.9 Å². The Morgan fingerprint density at radius 1 is 1.10 bits per heavy atom. The average Bonchev–Trinajstić information content (AvgIpc) is 2.47. The van der Waals surface area contributed by atoms with E-state index < -0.39 is 0 Å². The van der Waals surface area contributed by atoms with Gasteiger partial charge >= 0.3 is 0 Å². The van der Waals surface area contributed by atoms with Crippen LogP contribution < -0.4 is 5.32 Å². The van der Waals surface area contributed by atoms with E-state index in [1.54, 1.807) is 6.20 Å². The standard InChI is InChI=1S/C14H11N5O/c1-9(20)18-14-12-13(16-8-17-14)15-7-11(19-12)10-5-3-2-4-6-10/h2-8H,1H3,(H,15,16,17,18,20). The summed E-state index contributed by atoms with van der Waals surface area (Å²) in [5, 5.41) is 2.63. The van der Waals surface area contributed by atoms with Crippen LogP contribution in [0.4, 0.5) is 5.82 Å². The average molecular weight is 265 g/mol. The molecule has 1 amide bonds. The van der Waals surface area contributed by atoms with Crippen LogP contribution >= 0.6 is 0 Å². The molecule has 0 unspecified atom stereocenters. The van der Waals surface area contributed by atoms with Crippen LogP contribution in [0.1, 0.15) is 6.92 Å². The highest BCUT2D eigenvalue weighted by atomic mass is 16.1. The molecule has 6 heteroatoms. The number of rotatable bonds is 2. The van der Waals surface area contributed by atoms with Crippen molar-refractivity contribution in [2.75, 3.05) is 5.32 Å². The molecule has 0 aliphatic heterocycles. The Bertz CT molecular complexity index is 773. The van der Waals surface area contributed by atoms with Crippen molar-refractivity contribution in [3.05, 3.63) is 42.9 Å². The van der Waals surface area contributed by atoms with Gasteiger partial charge in [-0.15, -0.1) is 0 Å². The highest BCUT2D eigenvalue weighted by Crippen LogP contribution is 2.21. The van der Waals surface area contributed by atoms with Gasteiger partial charge in [-0.05, 0) is 0 Å². The van der Waals surface area contributed by atoms with E-state index in [9.17, 15) is 4.79 Å². The van der Waals surface area contributed by atoms with Crippen LogP contribution in [-0.4, -0.2) is 25.8 Å². The fourth-order valence-electron chi connectivity index (χ4n) is 1.84. The van der Waals surface area contributed by atoms with Crippen LogP contribution in [0.15, 0.2) is 42.9 Å². The number of hydrogen-bond donors (Lipinski definition) is 1. The van der Waals surface area contributed by atoms with Gasteiger partial charge in [0, 0.05) is 12.5 Å². The van der Waals surface area contributed by atoms with Crippen LogP contribution in [0.3, 0.4) is 0 Å². The number of anilines is 1. The van der Waals surface area contributed by atoms with Crippen molar-refractivity contribution < 1.29 is 4.79 Å². The summed E-state index contributed by atoms with van der Waals surface area (Å²) in [6.07, 6.45) is 3.01. The molecule has 2 heterocycles. The van der Waals surface area contributed by atoms with Crippen LogP contribution in [0, 0.1) is 0 Å². The minimum Gasteiger partial charge on any atom is -0.309 e. The highest BCUT2D eigenvalue weighted by molar-refractivity contribution is 5.95. The van der Waals surface area contributed by atoms with Gasteiger partial charge in [-0.1, -0.05) is 30.3 Å². The SMILES string of the molecule is CC(=O)Nc1ncnc2ncc(-c3ccccc3)nc12. The molecule has 6 nitrogen and oxygen atoms in total. The molecule has 0 radical (unpaired) electrons. The van der Waals surface area contributed by atoms with Crippen molar-refractivity contribution in [3.63, 3.8) is 0 Å². The van der Waals surface area contributed by atoms with Gasteiger partial charge in [-0.3, -0.25) is 4.79 Å². The van der Waals surface area contributed by atoms with Gasteiger partial charge in [0.2, 0.25) is 5.91 Å². The molecular weight excluding hydrogens is 254 g/mol. The quantitative estimate of drug-likeness (QED) is 0.767. The number of benzene rings is 1. The molecule has 1 aromatic carbocycles. The monoisotopic (exact) mass is 265 g/mol. The first-order valence-electron chi connectivity index (χ1n) is 6.05. The van der Waals surface area contributed by atoms with Crippen LogP contribution in [0.25, 0.3) is 22.4 Å². The van der Waals surface area contributed by atoms with Gasteiger partial charge in [-0.25, -0.2) is 19.9 Å². The van der Waals surface area contributed by atoms with Crippen LogP contribution in [0.2, 0.25) is 0 Å². The molecule has 3 rings (SSSR count). The third-order valence-corrected chi connectivity index (χ3v) is 2.71. The molecule has 2 aromatic heterocycles. The maximum atomic E-state index is 11.2. The van der Waals surface area contributed by atoms with Crippen molar-refractivity contribution in [1.82, 2.24) is 19.9 Å². The van der Waals surface area contributed by atoms with Crippen molar-refractivity contribution in [1.29, 1.82) is 0 Å². The summed E-state index contributed by atoms with van der Waals surface area (Å²) >= 11 is 0. The smallest absolute Gasteiger partial charge is 0.222 e. The minimum absolute atomic E-state index is 0.211. The summed E-state index contributed by atoms with van der Waals surface area (Å²) in [6, 6.07) is 9.67. The summed E-state index contributed by atoms with van der Waals surface area (Å²) in [6.45, 7) is 1.42. The molecule has 0 atom stereocenters. The Kier molecular flexibility index (Phi) is 3.04. The van der Waals surface area contributed by atoms with Gasteiger partial charge in [0.25, 0.3) is 0 Å². The number of carbonyl (C=O) groups excluding carboxylic acids is 1. The zero-order valence-corrected chi connectivity index (χ0v) is 10.7. The van der Waals surface area contributed by atoms with Crippen molar-refractivity contribution in [3.8, 4) is 11.3 Å². The normalized spacial score (nSPS) is 10.4. The first kappa shape index (κ1) is 12.2. The molecule has 0 saturated heterocycles. The minimum atomic E-state index is -0.211. The summed E-state index contributed by atoms with van der Waals surface area (Å²) in [5.41, 5.74) is 2.58. The first-order chi connectivity index (χ1) is 9.74. The lowest BCUT2D eigenvalue weighted by atomic mass is 10.2. The van der Waals surface area contributed by atoms with Crippen LogP contribution in [-0.2, 0) is 4.79 Å². The lowest BCUT2D eigenvalue weighted by Crippen LogP contribution is -2.09. The number of fused-ring (bicyclic) bond motifs is 1. The first-order valence-corrected chi connectivity index (χ1v) is 6.05. The van der Waals surface area contributed by atoms with Crippen molar-refractivity contribution >= 4 is 22.9 Å². The van der Waals surface area contributed by atoms with Gasteiger partial charge < -0.3 is 5.32 Å². The van der Waals surface area contributed by atoms with E-state index in [1.807, 2.05) is 30.3 Å². The van der Waals surface area contributed by atoms with Crippen molar-refractivity contribution in [2.45, 2.75) is 6.92 Å². The Hall–Kier alpha value is -2.89. The predicted molar refractivity (Wildman–Crippen MR) is 74.9 cm³/mol. The summed E-state index contributed by atoms with van der Waals surface area (Å²) in [7, 11) is 0. The van der Waals surface area contributed by atoms with E-state index in [0.717, 1.165) is 5.56 Å². The Morgan fingerprint density at radius 3 is 2.65 bits per heavy atom. The molecule has 20 heavy (non-hydrogen) atoms. The number of carbonyl (C=O) groups is 1. The van der Waals surface area contributed by atoms with Crippen molar-refractivity contribution in [2.24, 2.45) is 0 Å². The maximum Gasteiger partial charge on any atom is 0.222 e. The fraction of sp³-hybridized carbons (Fsp3) is 0.0714. The van der Waals surface area contributed by atoms with Gasteiger partial charge in [0.1, 0.15) is 6.33 Å². The van der Waals surface area contributed by atoms with Gasteiger partial charge in [0.15, 0.2) is 17.0 Å². The lowest BCUT2D eigenvalue weighted by Gasteiger charge is -2.06. The van der Waals surface area contributed by atoms with E-state index in [1.165, 1.54) is 13.3 Å². The zero-order chi connectivity index (χ0) is 13.9. The molecule has 0 fully saturated rings. The Balaban J connectivity index is 2.16. The molecule has 98 valence electrons. The molecule has 3 aromatic rings. The number of nitrogens with one attached hydrogen (secondary N) is 1. The molecule has 0 spiro atoms. The molecule has 1 N–H and O–H groups in total. The Morgan fingerprint density at radius 2 is 1.90 bits per heavy atom. The lowest BCUT2D eigenvalue weighted by molar-refractivity contribution is -0.114. The van der Waals surface area contributed by atoms with Crippen LogP contribution in [0.5, 0.6) is 0 Å². The van der Waals surface area contributed by atoms with E-state index >= 15 is 0 Å². The number of nitrogens with zero attached hydrogens (tertiary/aromatic N) is 4. The second kappa shape index (κ2) is 5.00. The predicted octanol–water partition coefficient (Wildman–Crippen LogP) is 2.05. The largest absolute Gasteiger partial charge is 0.309 e. The summed E-state index contributed by atoms with van der Waals surface area (Å²) in [5.74, 6) is 0.157. The third kappa shape index (κ3) is 2.31. The topological polar surface area (TPSA) is 80.7 Å². The van der Waals surface area contributed by atoms with E-state index in [0.29, 0.717) is 22.7 Å². The molecular formula is C14H11N5O. The second-order valence-corrected chi connectivity index (χ2v) is 4.20. The fourth-order valence-corrected chi connectivity index (χ4v) is 1.84. The van der Waals surface area contributed by atoms with E-state index in [-0.39, 0.29) is 5.91 Å². The second-order valence-electron chi connectivity index (χ2n) is 4.20. The highest BCUT2D eigenvalue weighted by Gasteiger charge is 2.09. The number of aromatic nitrogens is 4. The Labute approximate surface area is 114 Å². The molecule has 0 saturated carbocycles. The summed E-state index contributed by atoms with van der Waals surface area (Å²) < 4.78 is 0. The van der Waals surface area contributed by atoms with E-state index in [2.05, 4.69) is 25.3 Å². The third-order valence-electron chi connectivity index (χ3n) is 2.71. The van der Waals surface area contributed by atoms with E-state index in [4.69, 9.17) is 0 Å². The van der Waals surface area contributed by atoms with Gasteiger partial charge in [-0.2, -0.15) is 0 Å². The maximum absolute atomic E-state index is 11.2. The number of hydrogen-bond acceptors (Lipinski definition) is 5. The molecule has 0 aliphatic rings. The number of amides is 1. The summed E-state index contributed by atoms with van der Waals surface area (Å²) in [4.78, 5) is 28.0. The molecule has 0 bridgehead atoms. The zero-order valence-electron chi connectivity index (χ0n) is 10.7. The molecule has 0 aliphatic carbocycles.